The second-order valence-electron chi connectivity index (χ2n) is 4.00. The first-order chi connectivity index (χ1) is 10.0. The summed E-state index contributed by atoms with van der Waals surface area (Å²) in [6.07, 6.45) is 0.945. The van der Waals surface area contributed by atoms with Crippen molar-refractivity contribution in [1.82, 2.24) is 4.98 Å². The molecule has 1 aromatic heterocycles. The average Bonchev–Trinajstić information content (AvgIpc) is 2.49. The summed E-state index contributed by atoms with van der Waals surface area (Å²) in [7, 11) is 1.47. The third kappa shape index (κ3) is 3.24. The number of hydrogen-bond donors (Lipinski definition) is 2. The lowest BCUT2D eigenvalue weighted by atomic mass is 10.2. The van der Waals surface area contributed by atoms with E-state index in [1.54, 1.807) is 18.2 Å². The maximum Gasteiger partial charge on any atom is 0.291 e. The van der Waals surface area contributed by atoms with Crippen LogP contribution in [-0.2, 0) is 0 Å². The molecule has 0 fully saturated rings. The van der Waals surface area contributed by atoms with E-state index in [-0.39, 0.29) is 11.5 Å². The highest BCUT2D eigenvalue weighted by Gasteiger charge is 2.14. The number of nitro groups is 1. The number of nitrogens with one attached hydrogen (secondary N) is 1. The van der Waals surface area contributed by atoms with Gasteiger partial charge < -0.3 is 15.2 Å². The minimum Gasteiger partial charge on any atom is -0.504 e. The Kier molecular flexibility index (Phi) is 3.98. The summed E-state index contributed by atoms with van der Waals surface area (Å²) >= 11 is 0. The predicted octanol–water partition coefficient (Wildman–Crippen LogP) is 1.96. The van der Waals surface area contributed by atoms with Crippen LogP contribution in [-0.4, -0.2) is 28.0 Å². The fraction of sp³-hybridized carbons (Fsp3) is 0.0769. The molecule has 21 heavy (non-hydrogen) atoms. The highest BCUT2D eigenvalue weighted by Crippen LogP contribution is 2.25. The van der Waals surface area contributed by atoms with Crippen LogP contribution in [0.1, 0.15) is 10.4 Å². The van der Waals surface area contributed by atoms with E-state index >= 15 is 0 Å². The van der Waals surface area contributed by atoms with Crippen molar-refractivity contribution in [1.29, 1.82) is 0 Å². The van der Waals surface area contributed by atoms with Crippen LogP contribution in [0.15, 0.2) is 36.5 Å². The van der Waals surface area contributed by atoms with E-state index in [0.29, 0.717) is 11.3 Å². The third-order valence-electron chi connectivity index (χ3n) is 2.63. The standard InChI is InChI=1S/C13H11N3O5/c1-21-10-4-2-3-8(5-10)13(18)15-12-11(17)6-9(7-14-12)16(19)20/h2-7,17H,1H3,(H,14,15,18). The van der Waals surface area contributed by atoms with Crippen LogP contribution in [0.3, 0.4) is 0 Å². The van der Waals surface area contributed by atoms with Gasteiger partial charge in [-0.1, -0.05) is 6.07 Å². The number of benzene rings is 1. The highest BCUT2D eigenvalue weighted by atomic mass is 16.6. The van der Waals surface area contributed by atoms with Crippen molar-refractivity contribution in [2.24, 2.45) is 0 Å². The monoisotopic (exact) mass is 289 g/mol. The minimum absolute atomic E-state index is 0.159. The Morgan fingerprint density at radius 3 is 2.81 bits per heavy atom. The molecule has 1 heterocycles. The number of hydrogen-bond acceptors (Lipinski definition) is 6. The molecule has 0 radical (unpaired) electrons. The van der Waals surface area contributed by atoms with Crippen LogP contribution in [0.25, 0.3) is 0 Å². The van der Waals surface area contributed by atoms with Crippen molar-refractivity contribution in [3.8, 4) is 11.5 Å². The first-order valence-electron chi connectivity index (χ1n) is 5.80. The summed E-state index contributed by atoms with van der Waals surface area (Å²) < 4.78 is 5.00. The Bertz CT molecular complexity index is 702. The number of methoxy groups -OCH3 is 1. The van der Waals surface area contributed by atoms with Gasteiger partial charge >= 0.3 is 0 Å². The van der Waals surface area contributed by atoms with E-state index in [4.69, 9.17) is 4.74 Å². The summed E-state index contributed by atoms with van der Waals surface area (Å²) in [5, 5.41) is 22.5. The molecular formula is C13H11N3O5. The van der Waals surface area contributed by atoms with Gasteiger partial charge in [0.15, 0.2) is 11.6 Å². The van der Waals surface area contributed by atoms with E-state index in [2.05, 4.69) is 10.3 Å². The van der Waals surface area contributed by atoms with Crippen molar-refractivity contribution < 1.29 is 19.6 Å². The van der Waals surface area contributed by atoms with Crippen molar-refractivity contribution in [2.45, 2.75) is 0 Å². The number of aromatic nitrogens is 1. The second kappa shape index (κ2) is 5.87. The van der Waals surface area contributed by atoms with Crippen LogP contribution in [0.4, 0.5) is 11.5 Å². The third-order valence-corrected chi connectivity index (χ3v) is 2.63. The molecular weight excluding hydrogens is 278 g/mol. The number of nitrogens with zero attached hydrogens (tertiary/aromatic N) is 2. The number of anilines is 1. The van der Waals surface area contributed by atoms with Gasteiger partial charge in [-0.15, -0.1) is 0 Å². The Labute approximate surface area is 119 Å². The van der Waals surface area contributed by atoms with Gasteiger partial charge in [-0.3, -0.25) is 14.9 Å². The maximum absolute atomic E-state index is 12.0. The number of amides is 1. The average molecular weight is 289 g/mol. The molecule has 0 spiro atoms. The maximum atomic E-state index is 12.0. The zero-order valence-electron chi connectivity index (χ0n) is 10.9. The first-order valence-corrected chi connectivity index (χ1v) is 5.80. The van der Waals surface area contributed by atoms with Crippen molar-refractivity contribution in [3.05, 3.63) is 52.2 Å². The van der Waals surface area contributed by atoms with Crippen LogP contribution < -0.4 is 10.1 Å². The molecule has 2 rings (SSSR count). The topological polar surface area (TPSA) is 115 Å². The van der Waals surface area contributed by atoms with Gasteiger partial charge in [0.2, 0.25) is 0 Å². The molecule has 0 atom stereocenters. The first kappa shape index (κ1) is 14.3. The Morgan fingerprint density at radius 2 is 2.19 bits per heavy atom. The van der Waals surface area contributed by atoms with Crippen LogP contribution in [0.2, 0.25) is 0 Å². The Balaban J connectivity index is 2.21. The van der Waals surface area contributed by atoms with Crippen LogP contribution >= 0.6 is 0 Å². The quantitative estimate of drug-likeness (QED) is 0.656. The summed E-state index contributed by atoms with van der Waals surface area (Å²) in [4.78, 5) is 25.5. The lowest BCUT2D eigenvalue weighted by molar-refractivity contribution is -0.385. The number of aromatic hydroxyl groups is 1. The van der Waals surface area contributed by atoms with E-state index in [1.807, 2.05) is 0 Å². The smallest absolute Gasteiger partial charge is 0.291 e. The fourth-order valence-corrected chi connectivity index (χ4v) is 1.58. The number of ether oxygens (including phenoxy) is 1. The van der Waals surface area contributed by atoms with Crippen LogP contribution in [0, 0.1) is 10.1 Å². The van der Waals surface area contributed by atoms with Gasteiger partial charge in [0.05, 0.1) is 18.1 Å². The molecule has 0 aliphatic rings. The fourth-order valence-electron chi connectivity index (χ4n) is 1.58. The lowest BCUT2D eigenvalue weighted by Crippen LogP contribution is -2.13. The van der Waals surface area contributed by atoms with Crippen molar-refractivity contribution >= 4 is 17.4 Å². The molecule has 0 unspecified atom stereocenters. The number of pyridine rings is 1. The molecule has 0 saturated heterocycles. The molecule has 2 N–H and O–H groups in total. The second-order valence-corrected chi connectivity index (χ2v) is 4.00. The van der Waals surface area contributed by atoms with Gasteiger partial charge in [0, 0.05) is 5.56 Å². The number of carbonyl (C=O) groups excluding carboxylic acids is 1. The Morgan fingerprint density at radius 1 is 1.43 bits per heavy atom. The van der Waals surface area contributed by atoms with E-state index in [1.165, 1.54) is 13.2 Å². The number of rotatable bonds is 4. The summed E-state index contributed by atoms with van der Waals surface area (Å²) in [5.74, 6) is -0.664. The van der Waals surface area contributed by atoms with Gasteiger partial charge in [-0.05, 0) is 18.2 Å². The molecule has 0 saturated carbocycles. The molecule has 1 aromatic carbocycles. The molecule has 108 valence electrons. The molecule has 0 aliphatic carbocycles. The van der Waals surface area contributed by atoms with Gasteiger partial charge in [0.25, 0.3) is 11.6 Å². The van der Waals surface area contributed by atoms with Crippen LogP contribution in [0.5, 0.6) is 11.5 Å². The molecule has 2 aromatic rings. The molecule has 0 aliphatic heterocycles. The van der Waals surface area contributed by atoms with Gasteiger partial charge in [-0.2, -0.15) is 0 Å². The van der Waals surface area contributed by atoms with E-state index in [9.17, 15) is 20.0 Å². The minimum atomic E-state index is -0.694. The van der Waals surface area contributed by atoms with E-state index in [0.717, 1.165) is 12.3 Å². The summed E-state index contributed by atoms with van der Waals surface area (Å²) in [6.45, 7) is 0. The Hall–Kier alpha value is -3.16. The molecule has 1 amide bonds. The van der Waals surface area contributed by atoms with E-state index < -0.39 is 16.6 Å². The van der Waals surface area contributed by atoms with Gasteiger partial charge in [0.1, 0.15) is 11.9 Å². The van der Waals surface area contributed by atoms with Crippen molar-refractivity contribution in [2.75, 3.05) is 12.4 Å². The SMILES string of the molecule is COc1cccc(C(=O)Nc2ncc([N+](=O)[O-])cc2O)c1. The molecule has 0 bridgehead atoms. The molecule has 8 nitrogen and oxygen atoms in total. The largest absolute Gasteiger partial charge is 0.504 e. The predicted molar refractivity (Wildman–Crippen MR) is 73.5 cm³/mol. The number of carbonyl (C=O) groups is 1. The highest BCUT2D eigenvalue weighted by molar-refractivity contribution is 6.04. The normalized spacial score (nSPS) is 9.95. The summed E-state index contributed by atoms with van der Waals surface area (Å²) in [6, 6.07) is 7.29. The molecule has 8 heteroatoms. The lowest BCUT2D eigenvalue weighted by Gasteiger charge is -2.07. The van der Waals surface area contributed by atoms with Gasteiger partial charge in [-0.25, -0.2) is 4.98 Å². The zero-order chi connectivity index (χ0) is 15.4. The van der Waals surface area contributed by atoms with Crippen molar-refractivity contribution in [3.63, 3.8) is 0 Å². The summed E-state index contributed by atoms with van der Waals surface area (Å²) in [5.41, 5.74) is -0.0687. The zero-order valence-corrected chi connectivity index (χ0v) is 10.9.